The van der Waals surface area contributed by atoms with E-state index < -0.39 is 0 Å². The Balaban J connectivity index is 2.35. The van der Waals surface area contributed by atoms with Gasteiger partial charge < -0.3 is 14.6 Å². The second-order valence-electron chi connectivity index (χ2n) is 5.72. The third-order valence-electron chi connectivity index (χ3n) is 3.73. The van der Waals surface area contributed by atoms with Gasteiger partial charge >= 0.3 is 0 Å². The Morgan fingerprint density at radius 1 is 1.04 bits per heavy atom. The first-order valence-corrected chi connectivity index (χ1v) is 7.55. The van der Waals surface area contributed by atoms with Crippen LogP contribution in [-0.2, 0) is 0 Å². The van der Waals surface area contributed by atoms with Crippen molar-refractivity contribution in [2.45, 2.75) is 26.7 Å². The number of rotatable bonds is 5. The predicted octanol–water partition coefficient (Wildman–Crippen LogP) is 4.59. The molecule has 0 aromatic heterocycles. The second kappa shape index (κ2) is 7.18. The molecule has 0 aliphatic carbocycles. The number of aliphatic imine (C=N–C) groups is 1. The molecule has 2 aromatic carbocycles. The van der Waals surface area contributed by atoms with Gasteiger partial charge in [0.1, 0.15) is 5.75 Å². The highest BCUT2D eigenvalue weighted by Gasteiger charge is 2.09. The summed E-state index contributed by atoms with van der Waals surface area (Å²) in [7, 11) is 3.22. The number of ether oxygens (including phenoxy) is 2. The third-order valence-corrected chi connectivity index (χ3v) is 3.73. The fraction of sp³-hybridized carbons (Fsp3) is 0.316. The van der Waals surface area contributed by atoms with E-state index in [1.807, 2.05) is 45.0 Å². The van der Waals surface area contributed by atoms with E-state index in [0.717, 1.165) is 22.4 Å². The maximum absolute atomic E-state index is 10.0. The average molecular weight is 313 g/mol. The number of aryl methyl sites for hydroxylation is 1. The molecular formula is C19H23NO3. The zero-order valence-electron chi connectivity index (χ0n) is 14.3. The Kier molecular flexibility index (Phi) is 5.27. The van der Waals surface area contributed by atoms with E-state index in [4.69, 9.17) is 9.47 Å². The zero-order valence-corrected chi connectivity index (χ0v) is 14.3. The molecule has 23 heavy (non-hydrogen) atoms. The van der Waals surface area contributed by atoms with Gasteiger partial charge in [0, 0.05) is 6.21 Å². The molecule has 0 aliphatic heterocycles. The van der Waals surface area contributed by atoms with Crippen LogP contribution in [0.4, 0.5) is 5.69 Å². The van der Waals surface area contributed by atoms with Crippen LogP contribution in [0.15, 0.2) is 35.3 Å². The normalized spacial score (nSPS) is 11.2. The summed E-state index contributed by atoms with van der Waals surface area (Å²) in [6.07, 6.45) is 1.78. The quantitative estimate of drug-likeness (QED) is 0.821. The van der Waals surface area contributed by atoms with Crippen molar-refractivity contribution in [3.63, 3.8) is 0 Å². The lowest BCUT2D eigenvalue weighted by molar-refractivity contribution is 0.355. The molecule has 0 amide bonds. The predicted molar refractivity (Wildman–Crippen MR) is 93.7 cm³/mol. The average Bonchev–Trinajstić information content (AvgIpc) is 2.53. The van der Waals surface area contributed by atoms with Crippen molar-refractivity contribution in [3.8, 4) is 17.2 Å². The Labute approximate surface area is 137 Å². The summed E-state index contributed by atoms with van der Waals surface area (Å²) in [6, 6.07) is 9.35. The van der Waals surface area contributed by atoms with Crippen molar-refractivity contribution in [1.29, 1.82) is 0 Å². The molecule has 0 bridgehead atoms. The molecule has 4 heteroatoms. The van der Waals surface area contributed by atoms with Gasteiger partial charge in [0.05, 0.1) is 19.9 Å². The van der Waals surface area contributed by atoms with Gasteiger partial charge in [-0.15, -0.1) is 0 Å². The molecule has 0 spiro atoms. The van der Waals surface area contributed by atoms with Crippen molar-refractivity contribution in [2.24, 2.45) is 4.99 Å². The van der Waals surface area contributed by atoms with Gasteiger partial charge in [0.15, 0.2) is 11.5 Å². The number of aromatic hydroxyl groups is 1. The molecule has 0 unspecified atom stereocenters. The zero-order chi connectivity index (χ0) is 17.0. The fourth-order valence-electron chi connectivity index (χ4n) is 2.38. The molecule has 0 fully saturated rings. The highest BCUT2D eigenvalue weighted by atomic mass is 16.5. The SMILES string of the molecule is COc1ccc(C=Nc2cc(C(C)C)c(O)cc2C)cc1OC. The molecule has 122 valence electrons. The molecular weight excluding hydrogens is 290 g/mol. The Morgan fingerprint density at radius 2 is 1.74 bits per heavy atom. The van der Waals surface area contributed by atoms with Gasteiger partial charge in [-0.25, -0.2) is 0 Å². The monoisotopic (exact) mass is 313 g/mol. The molecule has 0 saturated carbocycles. The number of benzene rings is 2. The summed E-state index contributed by atoms with van der Waals surface area (Å²) in [5.41, 5.74) is 3.60. The van der Waals surface area contributed by atoms with Crippen molar-refractivity contribution < 1.29 is 14.6 Å². The van der Waals surface area contributed by atoms with Crippen molar-refractivity contribution in [1.82, 2.24) is 0 Å². The Morgan fingerprint density at radius 3 is 2.35 bits per heavy atom. The van der Waals surface area contributed by atoms with E-state index in [-0.39, 0.29) is 5.92 Å². The highest BCUT2D eigenvalue weighted by Crippen LogP contribution is 2.33. The van der Waals surface area contributed by atoms with Crippen LogP contribution < -0.4 is 9.47 Å². The van der Waals surface area contributed by atoms with Crippen molar-refractivity contribution in [2.75, 3.05) is 14.2 Å². The maximum Gasteiger partial charge on any atom is 0.161 e. The molecule has 0 saturated heterocycles. The van der Waals surface area contributed by atoms with E-state index in [1.54, 1.807) is 26.5 Å². The van der Waals surface area contributed by atoms with Crippen LogP contribution in [0.1, 0.15) is 36.5 Å². The van der Waals surface area contributed by atoms with E-state index in [1.165, 1.54) is 0 Å². The smallest absolute Gasteiger partial charge is 0.161 e. The van der Waals surface area contributed by atoms with Gasteiger partial charge in [-0.05, 0) is 59.9 Å². The first-order chi connectivity index (χ1) is 11.0. The number of methoxy groups -OCH3 is 2. The molecule has 2 aromatic rings. The summed E-state index contributed by atoms with van der Waals surface area (Å²) in [5.74, 6) is 1.92. The molecule has 0 atom stereocenters. The summed E-state index contributed by atoms with van der Waals surface area (Å²) in [5, 5.41) is 10.0. The largest absolute Gasteiger partial charge is 0.508 e. The number of hydrogen-bond donors (Lipinski definition) is 1. The third kappa shape index (κ3) is 3.83. The first-order valence-electron chi connectivity index (χ1n) is 7.55. The van der Waals surface area contributed by atoms with Gasteiger partial charge in [-0.2, -0.15) is 0 Å². The number of hydrogen-bond acceptors (Lipinski definition) is 4. The van der Waals surface area contributed by atoms with Crippen LogP contribution in [0.25, 0.3) is 0 Å². The number of phenolic OH excluding ortho intramolecular Hbond substituents is 1. The molecule has 1 N–H and O–H groups in total. The number of nitrogens with zero attached hydrogens (tertiary/aromatic N) is 1. The molecule has 0 radical (unpaired) electrons. The minimum atomic E-state index is 0.241. The van der Waals surface area contributed by atoms with E-state index >= 15 is 0 Å². The lowest BCUT2D eigenvalue weighted by Crippen LogP contribution is -1.92. The Bertz CT molecular complexity index is 721. The topological polar surface area (TPSA) is 51.0 Å². The van der Waals surface area contributed by atoms with Crippen LogP contribution in [0, 0.1) is 6.92 Å². The van der Waals surface area contributed by atoms with Gasteiger partial charge in [-0.3, -0.25) is 4.99 Å². The van der Waals surface area contributed by atoms with Crippen LogP contribution >= 0.6 is 0 Å². The molecule has 4 nitrogen and oxygen atoms in total. The standard InChI is InChI=1S/C19H23NO3/c1-12(2)15-10-16(13(3)8-17(15)21)20-11-14-6-7-18(22-4)19(9-14)23-5/h6-12,21H,1-5H3. The Hall–Kier alpha value is -2.49. The van der Waals surface area contributed by atoms with Crippen LogP contribution in [-0.4, -0.2) is 25.5 Å². The molecule has 0 aliphatic rings. The maximum atomic E-state index is 10.0. The summed E-state index contributed by atoms with van der Waals surface area (Å²) in [6.45, 7) is 6.03. The lowest BCUT2D eigenvalue weighted by atomic mass is 9.99. The van der Waals surface area contributed by atoms with Gasteiger partial charge in [0.25, 0.3) is 0 Å². The summed E-state index contributed by atoms with van der Waals surface area (Å²) >= 11 is 0. The molecule has 2 rings (SSSR count). The highest BCUT2D eigenvalue weighted by molar-refractivity contribution is 5.83. The summed E-state index contributed by atoms with van der Waals surface area (Å²) < 4.78 is 10.5. The van der Waals surface area contributed by atoms with Crippen LogP contribution in [0.2, 0.25) is 0 Å². The molecule has 0 heterocycles. The van der Waals surface area contributed by atoms with Crippen LogP contribution in [0.5, 0.6) is 17.2 Å². The second-order valence-corrected chi connectivity index (χ2v) is 5.72. The fourth-order valence-corrected chi connectivity index (χ4v) is 2.38. The van der Waals surface area contributed by atoms with Crippen LogP contribution in [0.3, 0.4) is 0 Å². The van der Waals surface area contributed by atoms with E-state index in [2.05, 4.69) is 4.99 Å². The van der Waals surface area contributed by atoms with E-state index in [9.17, 15) is 5.11 Å². The first kappa shape index (κ1) is 16.9. The van der Waals surface area contributed by atoms with Crippen molar-refractivity contribution >= 4 is 11.9 Å². The van der Waals surface area contributed by atoms with Crippen molar-refractivity contribution in [3.05, 3.63) is 47.0 Å². The van der Waals surface area contributed by atoms with Gasteiger partial charge in [-0.1, -0.05) is 13.8 Å². The van der Waals surface area contributed by atoms with Gasteiger partial charge in [0.2, 0.25) is 0 Å². The summed E-state index contributed by atoms with van der Waals surface area (Å²) in [4.78, 5) is 4.56. The number of phenols is 1. The van der Waals surface area contributed by atoms with E-state index in [0.29, 0.717) is 17.2 Å². The lowest BCUT2D eigenvalue weighted by Gasteiger charge is -2.11. The minimum absolute atomic E-state index is 0.241. The minimum Gasteiger partial charge on any atom is -0.508 e.